The first-order chi connectivity index (χ1) is 7.54. The number of benzene rings is 1. The molecule has 0 bridgehead atoms. The topological polar surface area (TPSA) is 38.0 Å². The van der Waals surface area contributed by atoms with Gasteiger partial charge in [-0.05, 0) is 30.0 Å². The van der Waals surface area contributed by atoms with Crippen molar-refractivity contribution in [2.24, 2.45) is 11.7 Å². The molecule has 1 atom stereocenters. The number of halogens is 1. The van der Waals surface area contributed by atoms with Crippen LogP contribution in [-0.2, 0) is 6.54 Å². The predicted molar refractivity (Wildman–Crippen MR) is 70.7 cm³/mol. The van der Waals surface area contributed by atoms with Gasteiger partial charge in [0.05, 0.1) is 0 Å². The molecule has 2 nitrogen and oxygen atoms in total. The minimum Gasteiger partial charge on any atom is -0.329 e. The Morgan fingerprint density at radius 3 is 2.56 bits per heavy atom. The highest BCUT2D eigenvalue weighted by Crippen LogP contribution is 2.16. The van der Waals surface area contributed by atoms with Crippen molar-refractivity contribution in [2.75, 3.05) is 6.54 Å². The molecule has 0 heterocycles. The van der Waals surface area contributed by atoms with Crippen LogP contribution in [0.1, 0.15) is 25.0 Å². The molecule has 1 rings (SSSR count). The zero-order valence-electron chi connectivity index (χ0n) is 10.3. The van der Waals surface area contributed by atoms with Gasteiger partial charge in [0.25, 0.3) is 0 Å². The lowest BCUT2D eigenvalue weighted by molar-refractivity contribution is 0.405. The normalized spacial score (nSPS) is 13.1. The van der Waals surface area contributed by atoms with Crippen LogP contribution >= 0.6 is 11.6 Å². The lowest BCUT2D eigenvalue weighted by Crippen LogP contribution is -2.39. The Kier molecular flexibility index (Phi) is 5.26. The summed E-state index contributed by atoms with van der Waals surface area (Å²) in [5, 5.41) is 4.29. The van der Waals surface area contributed by atoms with Gasteiger partial charge in [0.2, 0.25) is 0 Å². The second-order valence-corrected chi connectivity index (χ2v) is 4.96. The van der Waals surface area contributed by atoms with Crippen molar-refractivity contribution < 1.29 is 0 Å². The molecule has 0 amide bonds. The van der Waals surface area contributed by atoms with E-state index in [-0.39, 0.29) is 0 Å². The maximum absolute atomic E-state index is 5.98. The molecule has 1 unspecified atom stereocenters. The van der Waals surface area contributed by atoms with Crippen molar-refractivity contribution in [3.8, 4) is 0 Å². The van der Waals surface area contributed by atoms with Crippen LogP contribution in [0.25, 0.3) is 0 Å². The van der Waals surface area contributed by atoms with Crippen LogP contribution in [-0.4, -0.2) is 12.6 Å². The Hall–Kier alpha value is -0.570. The second-order valence-electron chi connectivity index (χ2n) is 4.55. The van der Waals surface area contributed by atoms with E-state index in [1.54, 1.807) is 0 Å². The summed E-state index contributed by atoms with van der Waals surface area (Å²) in [7, 11) is 0. The van der Waals surface area contributed by atoms with Crippen LogP contribution in [0.3, 0.4) is 0 Å². The Morgan fingerprint density at radius 1 is 1.38 bits per heavy atom. The van der Waals surface area contributed by atoms with E-state index in [9.17, 15) is 0 Å². The van der Waals surface area contributed by atoms with E-state index in [2.05, 4.69) is 31.3 Å². The van der Waals surface area contributed by atoms with E-state index in [1.165, 1.54) is 5.56 Å². The highest BCUT2D eigenvalue weighted by molar-refractivity contribution is 6.31. The molecule has 0 aliphatic heterocycles. The molecule has 0 radical (unpaired) electrons. The minimum atomic E-state index is 0.371. The largest absolute Gasteiger partial charge is 0.329 e. The van der Waals surface area contributed by atoms with Gasteiger partial charge in [-0.2, -0.15) is 0 Å². The molecule has 0 saturated heterocycles. The Bertz CT molecular complexity index is 337. The Labute approximate surface area is 103 Å². The molecule has 0 aliphatic rings. The van der Waals surface area contributed by atoms with E-state index in [0.717, 1.165) is 17.1 Å². The van der Waals surface area contributed by atoms with E-state index in [1.807, 2.05) is 13.0 Å². The Balaban J connectivity index is 2.57. The predicted octanol–water partition coefficient (Wildman–Crippen LogP) is 2.72. The van der Waals surface area contributed by atoms with Gasteiger partial charge in [-0.25, -0.2) is 0 Å². The summed E-state index contributed by atoms with van der Waals surface area (Å²) in [6, 6.07) is 6.48. The Morgan fingerprint density at radius 2 is 2.06 bits per heavy atom. The first kappa shape index (κ1) is 13.5. The van der Waals surface area contributed by atoms with Gasteiger partial charge < -0.3 is 11.1 Å². The molecule has 0 aliphatic carbocycles. The smallest absolute Gasteiger partial charge is 0.0435 e. The van der Waals surface area contributed by atoms with Gasteiger partial charge in [-0.15, -0.1) is 0 Å². The number of nitrogens with one attached hydrogen (secondary N) is 1. The van der Waals surface area contributed by atoms with Gasteiger partial charge in [-0.1, -0.05) is 37.6 Å². The molecule has 0 spiro atoms. The van der Waals surface area contributed by atoms with E-state index < -0.39 is 0 Å². The van der Waals surface area contributed by atoms with Gasteiger partial charge in [0.15, 0.2) is 0 Å². The van der Waals surface area contributed by atoms with Crippen LogP contribution in [0.5, 0.6) is 0 Å². The van der Waals surface area contributed by atoms with Crippen molar-refractivity contribution in [1.29, 1.82) is 0 Å². The van der Waals surface area contributed by atoms with Crippen molar-refractivity contribution >= 4 is 11.6 Å². The molecule has 3 N–H and O–H groups in total. The fourth-order valence-corrected chi connectivity index (χ4v) is 1.77. The van der Waals surface area contributed by atoms with Gasteiger partial charge in [0, 0.05) is 24.2 Å². The maximum Gasteiger partial charge on any atom is 0.0435 e. The van der Waals surface area contributed by atoms with E-state index >= 15 is 0 Å². The molecule has 3 heteroatoms. The summed E-state index contributed by atoms with van der Waals surface area (Å²) in [4.78, 5) is 0. The summed E-state index contributed by atoms with van der Waals surface area (Å²) < 4.78 is 0. The molecular weight excluding hydrogens is 220 g/mol. The lowest BCUT2D eigenvalue weighted by atomic mass is 10.0. The molecule has 0 fully saturated rings. The average molecular weight is 241 g/mol. The summed E-state index contributed by atoms with van der Waals surface area (Å²) in [5.41, 5.74) is 8.08. The summed E-state index contributed by atoms with van der Waals surface area (Å²) in [6.45, 7) is 7.90. The third-order valence-corrected chi connectivity index (χ3v) is 3.27. The third kappa shape index (κ3) is 3.78. The fraction of sp³-hybridized carbons (Fsp3) is 0.538. The average Bonchev–Trinajstić information content (AvgIpc) is 2.23. The highest BCUT2D eigenvalue weighted by Gasteiger charge is 2.10. The minimum absolute atomic E-state index is 0.371. The van der Waals surface area contributed by atoms with Crippen molar-refractivity contribution in [1.82, 2.24) is 5.32 Å². The fourth-order valence-electron chi connectivity index (χ4n) is 1.66. The van der Waals surface area contributed by atoms with E-state index in [4.69, 9.17) is 17.3 Å². The first-order valence-corrected chi connectivity index (χ1v) is 6.11. The summed E-state index contributed by atoms with van der Waals surface area (Å²) >= 11 is 5.98. The zero-order valence-corrected chi connectivity index (χ0v) is 11.0. The molecule has 16 heavy (non-hydrogen) atoms. The summed E-state index contributed by atoms with van der Waals surface area (Å²) in [5.74, 6) is 0.554. The second kappa shape index (κ2) is 6.24. The van der Waals surface area contributed by atoms with Crippen molar-refractivity contribution in [3.63, 3.8) is 0 Å². The van der Waals surface area contributed by atoms with Crippen molar-refractivity contribution in [2.45, 2.75) is 33.4 Å². The van der Waals surface area contributed by atoms with Gasteiger partial charge in [-0.3, -0.25) is 0 Å². The molecule has 1 aromatic carbocycles. The van der Waals surface area contributed by atoms with E-state index in [0.29, 0.717) is 18.5 Å². The molecule has 90 valence electrons. The lowest BCUT2D eigenvalue weighted by Gasteiger charge is -2.20. The third-order valence-electron chi connectivity index (χ3n) is 2.85. The molecular formula is C13H21ClN2. The monoisotopic (exact) mass is 240 g/mol. The maximum atomic E-state index is 5.98. The van der Waals surface area contributed by atoms with Gasteiger partial charge >= 0.3 is 0 Å². The first-order valence-electron chi connectivity index (χ1n) is 5.73. The molecule has 0 aromatic heterocycles. The quantitative estimate of drug-likeness (QED) is 0.831. The number of hydrogen-bond acceptors (Lipinski definition) is 2. The van der Waals surface area contributed by atoms with Gasteiger partial charge in [0.1, 0.15) is 0 Å². The molecule has 1 aromatic rings. The summed E-state index contributed by atoms with van der Waals surface area (Å²) in [6.07, 6.45) is 0. The number of nitrogens with two attached hydrogens (primary N) is 1. The number of rotatable bonds is 5. The SMILES string of the molecule is Cc1cc(CNC(CN)C(C)C)ccc1Cl. The van der Waals surface area contributed by atoms with Crippen LogP contribution in [0.2, 0.25) is 5.02 Å². The zero-order chi connectivity index (χ0) is 12.1. The highest BCUT2D eigenvalue weighted by atomic mass is 35.5. The number of hydrogen-bond donors (Lipinski definition) is 2. The molecule has 0 saturated carbocycles. The van der Waals surface area contributed by atoms with Crippen molar-refractivity contribution in [3.05, 3.63) is 34.3 Å². The standard InChI is InChI=1S/C13H21ClN2/c1-9(2)13(7-15)16-8-11-4-5-12(14)10(3)6-11/h4-6,9,13,16H,7-8,15H2,1-3H3. The number of aryl methyl sites for hydroxylation is 1. The van der Waals surface area contributed by atoms with Crippen LogP contribution in [0.15, 0.2) is 18.2 Å². The van der Waals surface area contributed by atoms with Crippen LogP contribution in [0, 0.1) is 12.8 Å². The van der Waals surface area contributed by atoms with Crippen LogP contribution < -0.4 is 11.1 Å². The van der Waals surface area contributed by atoms with Crippen LogP contribution in [0.4, 0.5) is 0 Å².